The van der Waals surface area contributed by atoms with Gasteiger partial charge >= 0.3 is 0 Å². The third kappa shape index (κ3) is 11.0. The minimum absolute atomic E-state index is 0. The zero-order valence-corrected chi connectivity index (χ0v) is 15.4. The molecule has 1 fully saturated rings. The molecule has 1 aliphatic heterocycles. The Morgan fingerprint density at radius 3 is 2.18 bits per heavy atom. The quantitative estimate of drug-likeness (QED) is 0.601. The van der Waals surface area contributed by atoms with Gasteiger partial charge in [-0.2, -0.15) is 0 Å². The molecule has 1 rings (SSSR count). The number of hydrogen-bond acceptors (Lipinski definition) is 3. The largest absolute Gasteiger partial charge is 0.368 e. The van der Waals surface area contributed by atoms with Gasteiger partial charge in [0.2, 0.25) is 5.91 Å². The molecule has 4 nitrogen and oxygen atoms in total. The van der Waals surface area contributed by atoms with Gasteiger partial charge < -0.3 is 15.8 Å². The predicted molar refractivity (Wildman–Crippen MR) is 67.0 cm³/mol. The normalized spacial score (nSPS) is 23.1. The molecule has 100 valence electrons. The standard InChI is InChI=1S/C6H12N2O.C6H12O.U.H2/c1-4-2-5(6(7)9)8-3-4;1-6(2,3)4-5-7;;/h4-5,8H,2-3H2,1H3,(H2,7,9);5H,4H2,1-3H3;;1H/t4-,5-;;;/m0.../s1. The summed E-state index contributed by atoms with van der Waals surface area (Å²) >= 11 is 0. The summed E-state index contributed by atoms with van der Waals surface area (Å²) in [5.41, 5.74) is 5.24. The molecule has 0 saturated carbocycles. The fourth-order valence-corrected chi connectivity index (χ4v) is 1.38. The molecule has 1 heterocycles. The third-order valence-corrected chi connectivity index (χ3v) is 2.39. The fourth-order valence-electron chi connectivity index (χ4n) is 1.38. The molecule has 0 spiro atoms. The first-order valence-corrected chi connectivity index (χ1v) is 5.72. The summed E-state index contributed by atoms with van der Waals surface area (Å²) in [5, 5.41) is 3.03. The molecule has 5 heteroatoms. The minimum atomic E-state index is -0.223. The Morgan fingerprint density at radius 1 is 1.53 bits per heavy atom. The average Bonchev–Trinajstić information content (AvgIpc) is 2.50. The molecular weight excluding hydrogens is 442 g/mol. The molecule has 1 amide bonds. The van der Waals surface area contributed by atoms with Gasteiger partial charge in [0, 0.05) is 39.0 Å². The Bertz CT molecular complexity index is 245. The summed E-state index contributed by atoms with van der Waals surface area (Å²) in [6.07, 6.45) is 2.52. The van der Waals surface area contributed by atoms with E-state index in [0.717, 1.165) is 19.3 Å². The number of amides is 1. The molecule has 1 aliphatic rings. The van der Waals surface area contributed by atoms with E-state index in [9.17, 15) is 9.59 Å². The summed E-state index contributed by atoms with van der Waals surface area (Å²) in [4.78, 5) is 20.3. The number of nitrogens with two attached hydrogens (primary N) is 1. The first-order valence-electron chi connectivity index (χ1n) is 5.72. The zero-order chi connectivity index (χ0) is 12.8. The van der Waals surface area contributed by atoms with Crippen LogP contribution in [0.3, 0.4) is 0 Å². The maximum absolute atomic E-state index is 10.5. The van der Waals surface area contributed by atoms with E-state index in [2.05, 4.69) is 12.2 Å². The van der Waals surface area contributed by atoms with E-state index < -0.39 is 0 Å². The molecule has 0 aromatic carbocycles. The number of hydrogen-bond donors (Lipinski definition) is 2. The van der Waals surface area contributed by atoms with Crippen LogP contribution in [0.5, 0.6) is 0 Å². The number of carbonyl (C=O) groups excluding carboxylic acids is 2. The molecule has 0 bridgehead atoms. The smallest absolute Gasteiger partial charge is 0.234 e. The first kappa shape index (κ1) is 19.5. The van der Waals surface area contributed by atoms with E-state index in [1.54, 1.807) is 0 Å². The van der Waals surface area contributed by atoms with Crippen LogP contribution in [0, 0.1) is 42.4 Å². The number of aldehydes is 1. The van der Waals surface area contributed by atoms with Crippen molar-refractivity contribution < 1.29 is 42.1 Å². The van der Waals surface area contributed by atoms with Crippen molar-refractivity contribution in [1.29, 1.82) is 0 Å². The van der Waals surface area contributed by atoms with Crippen LogP contribution >= 0.6 is 0 Å². The Balaban J connectivity index is -0.000000232. The van der Waals surface area contributed by atoms with E-state index >= 15 is 0 Å². The van der Waals surface area contributed by atoms with Crippen LogP contribution in [-0.2, 0) is 9.59 Å². The van der Waals surface area contributed by atoms with E-state index in [0.29, 0.717) is 12.3 Å². The summed E-state index contributed by atoms with van der Waals surface area (Å²) in [7, 11) is 0. The minimum Gasteiger partial charge on any atom is -0.368 e. The summed E-state index contributed by atoms with van der Waals surface area (Å²) < 4.78 is 0. The second-order valence-corrected chi connectivity index (χ2v) is 5.64. The summed E-state index contributed by atoms with van der Waals surface area (Å²) in [6.45, 7) is 9.16. The van der Waals surface area contributed by atoms with Gasteiger partial charge in [-0.15, -0.1) is 0 Å². The van der Waals surface area contributed by atoms with Gasteiger partial charge in [0.1, 0.15) is 6.29 Å². The van der Waals surface area contributed by atoms with Gasteiger partial charge in [0.05, 0.1) is 6.04 Å². The van der Waals surface area contributed by atoms with E-state index in [1.807, 2.05) is 20.8 Å². The summed E-state index contributed by atoms with van der Waals surface area (Å²) in [6, 6.07) is -0.0694. The topological polar surface area (TPSA) is 72.2 Å². The number of nitrogens with one attached hydrogen (secondary N) is 1. The predicted octanol–water partition coefficient (Wildman–Crippen LogP) is 1.34. The van der Waals surface area contributed by atoms with Crippen LogP contribution in [0.15, 0.2) is 0 Å². The van der Waals surface area contributed by atoms with Gasteiger partial charge in [-0.1, -0.05) is 27.7 Å². The summed E-state index contributed by atoms with van der Waals surface area (Å²) in [5.74, 6) is 0.377. The molecule has 1 saturated heterocycles. The fraction of sp³-hybridized carbons (Fsp3) is 0.833. The first-order chi connectivity index (χ1) is 7.26. The van der Waals surface area contributed by atoms with Crippen LogP contribution < -0.4 is 11.1 Å². The second kappa shape index (κ2) is 9.13. The Morgan fingerprint density at radius 2 is 2.06 bits per heavy atom. The molecule has 0 aromatic rings. The maximum Gasteiger partial charge on any atom is 0.234 e. The van der Waals surface area contributed by atoms with E-state index in [1.165, 1.54) is 0 Å². The molecule has 0 unspecified atom stereocenters. The number of rotatable bonds is 2. The van der Waals surface area contributed by atoms with Crippen LogP contribution in [0.2, 0.25) is 0 Å². The van der Waals surface area contributed by atoms with Crippen molar-refractivity contribution in [2.24, 2.45) is 17.1 Å². The van der Waals surface area contributed by atoms with Crippen molar-refractivity contribution in [1.82, 2.24) is 5.32 Å². The van der Waals surface area contributed by atoms with Gasteiger partial charge in [-0.3, -0.25) is 4.79 Å². The van der Waals surface area contributed by atoms with Crippen molar-refractivity contribution in [2.75, 3.05) is 6.54 Å². The molecule has 3 N–H and O–H groups in total. The van der Waals surface area contributed by atoms with Crippen molar-refractivity contribution >= 4 is 12.2 Å². The molecule has 0 radical (unpaired) electrons. The van der Waals surface area contributed by atoms with Crippen molar-refractivity contribution in [3.63, 3.8) is 0 Å². The second-order valence-electron chi connectivity index (χ2n) is 5.64. The van der Waals surface area contributed by atoms with Crippen molar-refractivity contribution in [3.8, 4) is 0 Å². The Kier molecular flexibility index (Phi) is 10.5. The van der Waals surface area contributed by atoms with Crippen LogP contribution in [0.4, 0.5) is 0 Å². The van der Waals surface area contributed by atoms with Crippen molar-refractivity contribution in [3.05, 3.63) is 0 Å². The molecule has 2 atom stereocenters. The molecule has 0 aromatic heterocycles. The van der Waals surface area contributed by atoms with Gasteiger partial charge in [-0.05, 0) is 24.3 Å². The average molecular weight is 468 g/mol. The van der Waals surface area contributed by atoms with Crippen LogP contribution in [0.25, 0.3) is 0 Å². The maximum atomic E-state index is 10.5. The third-order valence-electron chi connectivity index (χ3n) is 2.39. The van der Waals surface area contributed by atoms with Gasteiger partial charge in [0.15, 0.2) is 0 Å². The molecule has 17 heavy (non-hydrogen) atoms. The van der Waals surface area contributed by atoms with Crippen LogP contribution in [-0.4, -0.2) is 24.8 Å². The SMILES string of the molecule is CC(C)(C)CC=O.C[C@@H]1CN[C@H](C(N)=O)C1.[HH].[U]. The van der Waals surface area contributed by atoms with E-state index in [-0.39, 0.29) is 49.9 Å². The molecular formula is C12H26N2O2U. The number of carbonyl (C=O) groups is 2. The Hall–Kier alpha value is 0.152. The van der Waals surface area contributed by atoms with E-state index in [4.69, 9.17) is 5.73 Å². The molecule has 0 aliphatic carbocycles. The van der Waals surface area contributed by atoms with Gasteiger partial charge in [0.25, 0.3) is 0 Å². The van der Waals surface area contributed by atoms with Crippen molar-refractivity contribution in [2.45, 2.75) is 46.6 Å². The number of primary amides is 1. The Labute approximate surface area is 129 Å². The van der Waals surface area contributed by atoms with Gasteiger partial charge in [-0.25, -0.2) is 0 Å². The monoisotopic (exact) mass is 468 g/mol. The zero-order valence-electron chi connectivity index (χ0n) is 11.2. The van der Waals surface area contributed by atoms with Crippen LogP contribution in [0.1, 0.15) is 42.0 Å².